The van der Waals surface area contributed by atoms with Crippen molar-refractivity contribution >= 4 is 33.6 Å². The van der Waals surface area contributed by atoms with E-state index in [1.165, 1.54) is 0 Å². The summed E-state index contributed by atoms with van der Waals surface area (Å²) in [6.45, 7) is 0. The highest BCUT2D eigenvalue weighted by Crippen LogP contribution is 2.36. The van der Waals surface area contributed by atoms with Gasteiger partial charge >= 0.3 is 0 Å². The van der Waals surface area contributed by atoms with Crippen molar-refractivity contribution in [2.24, 2.45) is 0 Å². The predicted molar refractivity (Wildman–Crippen MR) is 87.5 cm³/mol. The van der Waals surface area contributed by atoms with Gasteiger partial charge in [0.1, 0.15) is 22.8 Å². The van der Waals surface area contributed by atoms with Crippen molar-refractivity contribution in [3.05, 3.63) is 46.0 Å². The van der Waals surface area contributed by atoms with Gasteiger partial charge in [0, 0.05) is 17.0 Å². The van der Waals surface area contributed by atoms with Gasteiger partial charge in [-0.1, -0.05) is 0 Å². The fourth-order valence-corrected chi connectivity index (χ4v) is 2.97. The molecule has 0 spiro atoms. The van der Waals surface area contributed by atoms with Gasteiger partial charge in [-0.3, -0.25) is 0 Å². The Hall–Kier alpha value is -1.69. The first-order valence-electron chi connectivity index (χ1n) is 6.13. The second-order valence-electron chi connectivity index (χ2n) is 4.34. The second kappa shape index (κ2) is 5.36. The van der Waals surface area contributed by atoms with E-state index in [4.69, 9.17) is 13.9 Å². The molecule has 1 heterocycles. The van der Waals surface area contributed by atoms with Gasteiger partial charge in [-0.2, -0.15) is 0 Å². The molecule has 3 aromatic rings. The van der Waals surface area contributed by atoms with E-state index < -0.39 is 0 Å². The van der Waals surface area contributed by atoms with Crippen molar-refractivity contribution in [1.82, 2.24) is 0 Å². The van der Waals surface area contributed by atoms with Crippen LogP contribution in [-0.2, 0) is 0 Å². The zero-order valence-corrected chi connectivity index (χ0v) is 13.3. The highest BCUT2D eigenvalue weighted by Gasteiger charge is 2.14. The Morgan fingerprint density at radius 1 is 0.900 bits per heavy atom. The lowest BCUT2D eigenvalue weighted by Gasteiger charge is -2.01. The van der Waals surface area contributed by atoms with Crippen LogP contribution in [0, 0.1) is 3.57 Å². The number of fused-ring (bicyclic) bond motifs is 1. The average molecular weight is 380 g/mol. The smallest absolute Gasteiger partial charge is 0.148 e. The van der Waals surface area contributed by atoms with Crippen molar-refractivity contribution < 1.29 is 13.9 Å². The van der Waals surface area contributed by atoms with Gasteiger partial charge in [0.25, 0.3) is 0 Å². The molecule has 0 radical (unpaired) electrons. The number of benzene rings is 2. The summed E-state index contributed by atoms with van der Waals surface area (Å²) < 4.78 is 17.5. The third-order valence-electron chi connectivity index (χ3n) is 3.19. The van der Waals surface area contributed by atoms with Crippen LogP contribution < -0.4 is 9.47 Å². The van der Waals surface area contributed by atoms with E-state index in [0.717, 1.165) is 37.4 Å². The minimum Gasteiger partial charge on any atom is -0.497 e. The highest BCUT2D eigenvalue weighted by atomic mass is 127. The molecule has 102 valence electrons. The van der Waals surface area contributed by atoms with Gasteiger partial charge in [-0.25, -0.2) is 0 Å². The standard InChI is InChI=1S/C16H13IO3/c1-18-11-5-3-10(4-6-11)16-15(17)13-8-7-12(19-2)9-14(13)20-16/h3-9H,1-2H3. The van der Waals surface area contributed by atoms with Gasteiger partial charge in [0.2, 0.25) is 0 Å². The topological polar surface area (TPSA) is 31.6 Å². The lowest BCUT2D eigenvalue weighted by Crippen LogP contribution is -1.82. The van der Waals surface area contributed by atoms with Gasteiger partial charge in [0.05, 0.1) is 17.8 Å². The summed E-state index contributed by atoms with van der Waals surface area (Å²) in [7, 11) is 3.31. The summed E-state index contributed by atoms with van der Waals surface area (Å²) >= 11 is 2.31. The predicted octanol–water partition coefficient (Wildman–Crippen LogP) is 4.72. The number of ether oxygens (including phenoxy) is 2. The summed E-state index contributed by atoms with van der Waals surface area (Å²) in [5.41, 5.74) is 1.87. The van der Waals surface area contributed by atoms with E-state index in [1.54, 1.807) is 14.2 Å². The molecule has 0 fully saturated rings. The summed E-state index contributed by atoms with van der Waals surface area (Å²) in [5, 5.41) is 1.09. The van der Waals surface area contributed by atoms with Crippen LogP contribution >= 0.6 is 22.6 Å². The van der Waals surface area contributed by atoms with Crippen molar-refractivity contribution in [3.63, 3.8) is 0 Å². The lowest BCUT2D eigenvalue weighted by atomic mass is 10.1. The fraction of sp³-hybridized carbons (Fsp3) is 0.125. The molecule has 1 aromatic heterocycles. The number of hydrogen-bond acceptors (Lipinski definition) is 3. The average Bonchev–Trinajstić information content (AvgIpc) is 2.84. The number of hydrogen-bond donors (Lipinski definition) is 0. The number of rotatable bonds is 3. The molecule has 0 N–H and O–H groups in total. The van der Waals surface area contributed by atoms with E-state index in [2.05, 4.69) is 22.6 Å². The maximum absolute atomic E-state index is 5.97. The van der Waals surface area contributed by atoms with Crippen LogP contribution in [0.1, 0.15) is 0 Å². The number of halogens is 1. The maximum atomic E-state index is 5.97. The SMILES string of the molecule is COc1ccc(-c2oc3cc(OC)ccc3c2I)cc1. The molecular weight excluding hydrogens is 367 g/mol. The highest BCUT2D eigenvalue weighted by molar-refractivity contribution is 14.1. The molecular formula is C16H13IO3. The van der Waals surface area contributed by atoms with Gasteiger partial charge in [-0.15, -0.1) is 0 Å². The summed E-state index contributed by atoms with van der Waals surface area (Å²) in [6.07, 6.45) is 0. The van der Waals surface area contributed by atoms with E-state index in [-0.39, 0.29) is 0 Å². The van der Waals surface area contributed by atoms with Crippen LogP contribution in [-0.4, -0.2) is 14.2 Å². The number of furan rings is 1. The van der Waals surface area contributed by atoms with Gasteiger partial charge in [0.15, 0.2) is 0 Å². The third kappa shape index (κ3) is 2.24. The zero-order chi connectivity index (χ0) is 14.1. The molecule has 2 aromatic carbocycles. The third-order valence-corrected chi connectivity index (χ3v) is 4.26. The maximum Gasteiger partial charge on any atom is 0.148 e. The molecule has 20 heavy (non-hydrogen) atoms. The molecule has 3 nitrogen and oxygen atoms in total. The Labute approximate surface area is 130 Å². The Kier molecular flexibility index (Phi) is 3.56. The molecule has 0 aliphatic rings. The zero-order valence-electron chi connectivity index (χ0n) is 11.1. The van der Waals surface area contributed by atoms with Gasteiger partial charge < -0.3 is 13.9 Å². The normalized spacial score (nSPS) is 10.8. The Balaban J connectivity index is 2.12. The van der Waals surface area contributed by atoms with Crippen LogP contribution in [0.3, 0.4) is 0 Å². The van der Waals surface area contributed by atoms with Crippen LogP contribution in [0.5, 0.6) is 11.5 Å². The molecule has 0 saturated heterocycles. The van der Waals surface area contributed by atoms with E-state index >= 15 is 0 Å². The molecule has 0 saturated carbocycles. The van der Waals surface area contributed by atoms with E-state index in [9.17, 15) is 0 Å². The molecule has 0 aliphatic heterocycles. The van der Waals surface area contributed by atoms with E-state index in [0.29, 0.717) is 0 Å². The minimum absolute atomic E-state index is 0.795. The first-order valence-corrected chi connectivity index (χ1v) is 7.21. The monoisotopic (exact) mass is 380 g/mol. The summed E-state index contributed by atoms with van der Waals surface area (Å²) in [6, 6.07) is 13.7. The summed E-state index contributed by atoms with van der Waals surface area (Å²) in [4.78, 5) is 0. The Morgan fingerprint density at radius 3 is 2.20 bits per heavy atom. The Morgan fingerprint density at radius 2 is 1.55 bits per heavy atom. The van der Waals surface area contributed by atoms with Crippen molar-refractivity contribution in [3.8, 4) is 22.8 Å². The van der Waals surface area contributed by atoms with E-state index in [1.807, 2.05) is 42.5 Å². The molecule has 0 unspecified atom stereocenters. The van der Waals surface area contributed by atoms with Crippen molar-refractivity contribution in [1.29, 1.82) is 0 Å². The minimum atomic E-state index is 0.795. The Bertz CT molecular complexity index is 744. The molecule has 3 rings (SSSR count). The molecule has 4 heteroatoms. The fourth-order valence-electron chi connectivity index (χ4n) is 2.10. The van der Waals surface area contributed by atoms with Crippen LogP contribution in [0.25, 0.3) is 22.3 Å². The second-order valence-corrected chi connectivity index (χ2v) is 5.41. The number of methoxy groups -OCH3 is 2. The summed E-state index contributed by atoms with van der Waals surface area (Å²) in [5.74, 6) is 2.50. The first kappa shape index (κ1) is 13.3. The quantitative estimate of drug-likeness (QED) is 0.617. The molecule has 0 amide bonds. The first-order chi connectivity index (χ1) is 9.72. The molecule has 0 aliphatic carbocycles. The largest absolute Gasteiger partial charge is 0.497 e. The van der Waals surface area contributed by atoms with Crippen molar-refractivity contribution in [2.45, 2.75) is 0 Å². The lowest BCUT2D eigenvalue weighted by molar-refractivity contribution is 0.414. The van der Waals surface area contributed by atoms with Crippen LogP contribution in [0.15, 0.2) is 46.9 Å². The van der Waals surface area contributed by atoms with Crippen molar-refractivity contribution in [2.75, 3.05) is 14.2 Å². The van der Waals surface area contributed by atoms with Crippen LogP contribution in [0.4, 0.5) is 0 Å². The molecule has 0 atom stereocenters. The van der Waals surface area contributed by atoms with Crippen LogP contribution in [0.2, 0.25) is 0 Å². The molecule has 0 bridgehead atoms. The van der Waals surface area contributed by atoms with Gasteiger partial charge in [-0.05, 0) is 59.0 Å².